The van der Waals surface area contributed by atoms with Crippen LogP contribution in [0.5, 0.6) is 5.88 Å². The first-order valence-corrected chi connectivity index (χ1v) is 8.43. The number of methoxy groups -OCH3 is 1. The summed E-state index contributed by atoms with van der Waals surface area (Å²) in [5.41, 5.74) is 1.66. The number of ether oxygens (including phenoxy) is 1. The van der Waals surface area contributed by atoms with E-state index in [1.807, 2.05) is 12.3 Å². The Bertz CT molecular complexity index is 475. The van der Waals surface area contributed by atoms with E-state index in [-0.39, 0.29) is 0 Å². The van der Waals surface area contributed by atoms with Crippen LogP contribution in [-0.4, -0.2) is 18.1 Å². The molecule has 114 valence electrons. The van der Waals surface area contributed by atoms with Crippen molar-refractivity contribution >= 4 is 5.69 Å². The minimum Gasteiger partial charge on any atom is -0.481 e. The summed E-state index contributed by atoms with van der Waals surface area (Å²) < 4.78 is 5.14. The van der Waals surface area contributed by atoms with Gasteiger partial charge in [0.05, 0.1) is 19.0 Å². The second-order valence-electron chi connectivity index (χ2n) is 7.74. The number of aromatic nitrogens is 1. The Morgan fingerprint density at radius 3 is 2.24 bits per heavy atom. The average molecular weight is 286 g/mol. The van der Waals surface area contributed by atoms with Crippen molar-refractivity contribution in [2.45, 2.75) is 51.5 Å². The second kappa shape index (κ2) is 4.89. The molecule has 0 saturated heterocycles. The number of pyridine rings is 1. The lowest BCUT2D eigenvalue weighted by Gasteiger charge is -2.59. The van der Waals surface area contributed by atoms with Crippen LogP contribution in [-0.2, 0) is 0 Å². The highest BCUT2D eigenvalue weighted by Gasteiger charge is 2.53. The molecule has 4 aliphatic carbocycles. The summed E-state index contributed by atoms with van der Waals surface area (Å²) >= 11 is 0. The topological polar surface area (TPSA) is 34.1 Å². The molecule has 0 aromatic carbocycles. The van der Waals surface area contributed by atoms with Gasteiger partial charge in [0.1, 0.15) is 0 Å². The molecule has 0 aliphatic heterocycles. The maximum absolute atomic E-state index is 5.14. The molecule has 4 bridgehead atoms. The summed E-state index contributed by atoms with van der Waals surface area (Å²) in [4.78, 5) is 4.31. The van der Waals surface area contributed by atoms with Gasteiger partial charge in [-0.05, 0) is 74.7 Å². The minimum atomic E-state index is 0.536. The van der Waals surface area contributed by atoms with Crippen LogP contribution >= 0.6 is 0 Å². The van der Waals surface area contributed by atoms with Crippen LogP contribution < -0.4 is 10.1 Å². The molecule has 0 radical (unpaired) electrons. The quantitative estimate of drug-likeness (QED) is 0.904. The monoisotopic (exact) mass is 286 g/mol. The molecular formula is C18H26N2O. The predicted octanol–water partition coefficient (Wildman–Crippen LogP) is 4.11. The summed E-state index contributed by atoms with van der Waals surface area (Å²) in [5.74, 6) is 3.71. The molecule has 1 aromatic rings. The molecule has 1 aromatic heterocycles. The standard InChI is InChI=1S/C18H26N2O/c1-12(20-16-3-4-17(21-2)19-11-16)18-8-13-5-14(9-18)7-15(6-13)10-18/h3-4,11-15,20H,5-10H2,1-2H3. The molecule has 4 fully saturated rings. The Morgan fingerprint density at radius 2 is 1.76 bits per heavy atom. The molecule has 1 N–H and O–H groups in total. The van der Waals surface area contributed by atoms with Crippen molar-refractivity contribution in [3.8, 4) is 5.88 Å². The fraction of sp³-hybridized carbons (Fsp3) is 0.722. The molecule has 3 heteroatoms. The lowest BCUT2D eigenvalue weighted by atomic mass is 9.48. The third-order valence-electron chi connectivity index (χ3n) is 6.33. The van der Waals surface area contributed by atoms with Crippen molar-refractivity contribution in [2.24, 2.45) is 23.2 Å². The Kier molecular flexibility index (Phi) is 3.13. The van der Waals surface area contributed by atoms with Crippen LogP contribution in [0.25, 0.3) is 0 Å². The molecule has 4 saturated carbocycles. The van der Waals surface area contributed by atoms with Gasteiger partial charge < -0.3 is 10.1 Å². The van der Waals surface area contributed by atoms with E-state index in [0.29, 0.717) is 17.3 Å². The molecule has 4 aliphatic rings. The van der Waals surface area contributed by atoms with Gasteiger partial charge in [-0.15, -0.1) is 0 Å². The summed E-state index contributed by atoms with van der Waals surface area (Å²) in [6, 6.07) is 4.57. The number of anilines is 1. The van der Waals surface area contributed by atoms with Gasteiger partial charge in [0.15, 0.2) is 0 Å². The summed E-state index contributed by atoms with van der Waals surface area (Å²) in [6.45, 7) is 2.39. The van der Waals surface area contributed by atoms with E-state index in [4.69, 9.17) is 4.74 Å². The van der Waals surface area contributed by atoms with Crippen molar-refractivity contribution < 1.29 is 4.74 Å². The van der Waals surface area contributed by atoms with E-state index in [9.17, 15) is 0 Å². The van der Waals surface area contributed by atoms with Crippen molar-refractivity contribution in [1.29, 1.82) is 0 Å². The molecule has 1 atom stereocenters. The summed E-state index contributed by atoms with van der Waals surface area (Å²) in [6.07, 6.45) is 10.8. The van der Waals surface area contributed by atoms with Crippen molar-refractivity contribution in [3.63, 3.8) is 0 Å². The highest BCUT2D eigenvalue weighted by atomic mass is 16.5. The SMILES string of the molecule is COc1ccc(NC(C)C23CC4CC(CC(C4)C2)C3)cn1. The zero-order valence-electron chi connectivity index (χ0n) is 13.1. The van der Waals surface area contributed by atoms with Gasteiger partial charge in [0.2, 0.25) is 5.88 Å². The maximum atomic E-state index is 5.14. The van der Waals surface area contributed by atoms with Gasteiger partial charge in [-0.3, -0.25) is 0 Å². The average Bonchev–Trinajstić information content (AvgIpc) is 2.46. The van der Waals surface area contributed by atoms with Crippen LogP contribution in [0.4, 0.5) is 5.69 Å². The van der Waals surface area contributed by atoms with Crippen molar-refractivity contribution in [3.05, 3.63) is 18.3 Å². The Hall–Kier alpha value is -1.25. The molecule has 1 unspecified atom stereocenters. The molecule has 3 nitrogen and oxygen atoms in total. The predicted molar refractivity (Wildman–Crippen MR) is 84.5 cm³/mol. The fourth-order valence-electron chi connectivity index (χ4n) is 5.70. The molecule has 0 amide bonds. The number of hydrogen-bond donors (Lipinski definition) is 1. The van der Waals surface area contributed by atoms with Gasteiger partial charge in [-0.25, -0.2) is 4.98 Å². The highest BCUT2D eigenvalue weighted by Crippen LogP contribution is 2.61. The van der Waals surface area contributed by atoms with E-state index in [1.165, 1.54) is 38.5 Å². The smallest absolute Gasteiger partial charge is 0.213 e. The Balaban J connectivity index is 1.50. The van der Waals surface area contributed by atoms with Gasteiger partial charge in [-0.2, -0.15) is 0 Å². The van der Waals surface area contributed by atoms with Gasteiger partial charge in [0, 0.05) is 12.1 Å². The fourth-order valence-corrected chi connectivity index (χ4v) is 5.70. The van der Waals surface area contributed by atoms with E-state index in [1.54, 1.807) is 7.11 Å². The van der Waals surface area contributed by atoms with Crippen LogP contribution in [0.2, 0.25) is 0 Å². The molecule has 21 heavy (non-hydrogen) atoms. The van der Waals surface area contributed by atoms with E-state index < -0.39 is 0 Å². The Morgan fingerprint density at radius 1 is 1.14 bits per heavy atom. The highest BCUT2D eigenvalue weighted by molar-refractivity contribution is 5.43. The number of hydrogen-bond acceptors (Lipinski definition) is 3. The normalized spacial score (nSPS) is 38.3. The molecular weight excluding hydrogens is 260 g/mol. The van der Waals surface area contributed by atoms with Gasteiger partial charge >= 0.3 is 0 Å². The third-order valence-corrected chi connectivity index (χ3v) is 6.33. The van der Waals surface area contributed by atoms with E-state index >= 15 is 0 Å². The van der Waals surface area contributed by atoms with E-state index in [0.717, 1.165) is 23.4 Å². The van der Waals surface area contributed by atoms with Crippen molar-refractivity contribution in [1.82, 2.24) is 4.98 Å². The van der Waals surface area contributed by atoms with Crippen LogP contribution in [0.1, 0.15) is 45.4 Å². The number of nitrogens with one attached hydrogen (secondary N) is 1. The van der Waals surface area contributed by atoms with Crippen molar-refractivity contribution in [2.75, 3.05) is 12.4 Å². The van der Waals surface area contributed by atoms with E-state index in [2.05, 4.69) is 23.3 Å². The molecule has 0 spiro atoms. The van der Waals surface area contributed by atoms with Gasteiger partial charge in [0.25, 0.3) is 0 Å². The zero-order chi connectivity index (χ0) is 14.4. The van der Waals surface area contributed by atoms with Crippen LogP contribution in [0.15, 0.2) is 18.3 Å². The molecule has 5 rings (SSSR count). The van der Waals surface area contributed by atoms with Crippen LogP contribution in [0, 0.1) is 23.2 Å². The largest absolute Gasteiger partial charge is 0.481 e. The number of nitrogens with zero attached hydrogens (tertiary/aromatic N) is 1. The number of rotatable bonds is 4. The molecule has 1 heterocycles. The lowest BCUT2D eigenvalue weighted by molar-refractivity contribution is -0.0602. The first kappa shape index (κ1) is 13.4. The van der Waals surface area contributed by atoms with Gasteiger partial charge in [-0.1, -0.05) is 0 Å². The maximum Gasteiger partial charge on any atom is 0.213 e. The lowest BCUT2D eigenvalue weighted by Crippen LogP contribution is -2.52. The first-order chi connectivity index (χ1) is 10.2. The second-order valence-corrected chi connectivity index (χ2v) is 7.74. The summed E-state index contributed by atoms with van der Waals surface area (Å²) in [7, 11) is 1.66. The minimum absolute atomic E-state index is 0.536. The Labute approximate surface area is 127 Å². The summed E-state index contributed by atoms with van der Waals surface area (Å²) in [5, 5.41) is 3.73. The van der Waals surface area contributed by atoms with Crippen LogP contribution in [0.3, 0.4) is 0 Å². The third kappa shape index (κ3) is 2.31. The zero-order valence-corrected chi connectivity index (χ0v) is 13.1. The first-order valence-electron chi connectivity index (χ1n) is 8.43.